The third-order valence-electron chi connectivity index (χ3n) is 0.167. The molecule has 0 rings (SSSR count). The fourth-order valence-corrected chi connectivity index (χ4v) is 0. The van der Waals surface area contributed by atoms with Crippen LogP contribution < -0.4 is 0 Å². The minimum Gasteiger partial charge on any atom is -0.281 e. The maximum Gasteiger partial charge on any atom is 0.281 e. The smallest absolute Gasteiger partial charge is 0.281 e. The summed E-state index contributed by atoms with van der Waals surface area (Å²) in [7, 11) is 0. The molecular weight excluding hydrogens is 132 g/mol. The Hall–Kier alpha value is -0.331. The largest absolute Gasteiger partial charge is 0.281 e. The van der Waals surface area contributed by atoms with Crippen molar-refractivity contribution >= 4 is 6.79 Å². The Morgan fingerprint density at radius 3 is 1.29 bits per heavy atom. The van der Waals surface area contributed by atoms with Crippen molar-refractivity contribution < 1.29 is 21.9 Å². The number of hydrogen-bond acceptors (Lipinski definition) is 1. The molecule has 0 atom stereocenters. The number of rotatable bonds is 1. The van der Waals surface area contributed by atoms with E-state index in [1.807, 2.05) is 0 Å². The van der Waals surface area contributed by atoms with E-state index in [0.29, 0.717) is 0 Å². The van der Waals surface area contributed by atoms with Crippen LogP contribution in [0, 0.1) is 0 Å². The van der Waals surface area contributed by atoms with Crippen molar-refractivity contribution in [2.24, 2.45) is 0 Å². The van der Waals surface area contributed by atoms with Gasteiger partial charge in [-0.2, -0.15) is 0 Å². The van der Waals surface area contributed by atoms with E-state index < -0.39 is 0 Å². The van der Waals surface area contributed by atoms with Crippen LogP contribution in [0.25, 0.3) is 0 Å². The molecule has 0 saturated heterocycles. The molecule has 2 heteroatoms. The van der Waals surface area contributed by atoms with E-state index in [9.17, 15) is 0 Å². The van der Waals surface area contributed by atoms with Crippen LogP contribution in [0.4, 0.5) is 0 Å². The van der Waals surface area contributed by atoms with Crippen molar-refractivity contribution in [1.82, 2.24) is 0 Å². The van der Waals surface area contributed by atoms with Gasteiger partial charge in [-0.05, 0) is 0 Å². The molecule has 0 heterocycles. The molecule has 0 aromatic rings. The molecule has 0 fully saturated rings. The Bertz CT molecular complexity index is 37.3. The Labute approximate surface area is 54.6 Å². The van der Waals surface area contributed by atoms with Crippen molar-refractivity contribution in [3.8, 4) is 0 Å². The van der Waals surface area contributed by atoms with Gasteiger partial charge < -0.3 is 0 Å². The summed E-state index contributed by atoms with van der Waals surface area (Å²) < 4.78 is 0. The first-order chi connectivity index (χ1) is 2.91. The Morgan fingerprint density at radius 2 is 1.29 bits per heavy atom. The summed E-state index contributed by atoms with van der Waals surface area (Å²) in [5, 5.41) is 0. The summed E-state index contributed by atoms with van der Waals surface area (Å²) in [6.45, 7) is 11.2. The molecule has 0 aromatic carbocycles. The van der Waals surface area contributed by atoms with Crippen LogP contribution >= 0.6 is 0 Å². The maximum atomic E-state index is 7.50. The third-order valence-corrected chi connectivity index (χ3v) is 0.167. The monoisotopic (exact) mass is 138 g/mol. The number of hydrogen-bond donors (Lipinski definition) is 0. The van der Waals surface area contributed by atoms with Gasteiger partial charge >= 0.3 is 0 Å². The quantitative estimate of drug-likeness (QED) is 0.389. The first kappa shape index (κ1) is 15.9. The van der Waals surface area contributed by atoms with E-state index in [4.69, 9.17) is 4.79 Å². The summed E-state index contributed by atoms with van der Waals surface area (Å²) in [4.78, 5) is 7.50. The maximum absolute atomic E-state index is 7.50. The zero-order valence-electron chi connectivity index (χ0n) is 3.83. The van der Waals surface area contributed by atoms with Gasteiger partial charge in [0.2, 0.25) is 0 Å². The normalized spacial score (nSPS) is 3.43. The zero-order valence-corrected chi connectivity index (χ0v) is 4.93. The summed E-state index contributed by atoms with van der Waals surface area (Å²) in [5.41, 5.74) is 0. The second kappa shape index (κ2) is 44.4. The van der Waals surface area contributed by atoms with Gasteiger partial charge in [0.05, 0.1) is 0 Å². The van der Waals surface area contributed by atoms with Gasteiger partial charge in [0.1, 0.15) is 0 Å². The van der Waals surface area contributed by atoms with E-state index in [1.165, 1.54) is 0 Å². The SMILES string of the molecule is C=CC=C.[C]=O.[Fe]. The van der Waals surface area contributed by atoms with Crippen LogP contribution in [0.3, 0.4) is 0 Å². The zero-order chi connectivity index (χ0) is 5.41. The minimum atomic E-state index is 0. The molecule has 0 aliphatic rings. The van der Waals surface area contributed by atoms with Crippen molar-refractivity contribution in [1.29, 1.82) is 0 Å². The van der Waals surface area contributed by atoms with E-state index in [-0.39, 0.29) is 17.1 Å². The molecule has 0 spiro atoms. The van der Waals surface area contributed by atoms with Crippen LogP contribution in [-0.4, -0.2) is 6.79 Å². The summed E-state index contributed by atoms with van der Waals surface area (Å²) >= 11 is 0. The third kappa shape index (κ3) is 170. The van der Waals surface area contributed by atoms with Gasteiger partial charge in [0.25, 0.3) is 6.79 Å². The van der Waals surface area contributed by atoms with Crippen molar-refractivity contribution in [2.75, 3.05) is 0 Å². The second-order valence-electron chi connectivity index (χ2n) is 0.471. The molecule has 40 valence electrons. The average molecular weight is 138 g/mol. The van der Waals surface area contributed by atoms with Crippen LogP contribution in [0.1, 0.15) is 0 Å². The molecule has 0 unspecified atom stereocenters. The van der Waals surface area contributed by atoms with Crippen LogP contribution in [0.5, 0.6) is 0 Å². The Balaban J connectivity index is -0.0000000480. The van der Waals surface area contributed by atoms with E-state index in [2.05, 4.69) is 19.9 Å². The molecule has 0 saturated carbocycles. The van der Waals surface area contributed by atoms with Crippen molar-refractivity contribution in [3.05, 3.63) is 25.3 Å². The van der Waals surface area contributed by atoms with Crippen molar-refractivity contribution in [3.63, 3.8) is 0 Å². The van der Waals surface area contributed by atoms with Gasteiger partial charge in [-0.15, -0.1) is 0 Å². The molecule has 0 aromatic heterocycles. The van der Waals surface area contributed by atoms with Crippen molar-refractivity contribution in [2.45, 2.75) is 0 Å². The fourth-order valence-electron chi connectivity index (χ4n) is 0. The topological polar surface area (TPSA) is 17.1 Å². The van der Waals surface area contributed by atoms with E-state index in [0.717, 1.165) is 0 Å². The Morgan fingerprint density at radius 1 is 1.14 bits per heavy atom. The molecule has 2 radical (unpaired) electrons. The van der Waals surface area contributed by atoms with Gasteiger partial charge in [-0.3, -0.25) is 4.79 Å². The number of carbonyl (C=O) groups excluding carboxylic acids is 1. The van der Waals surface area contributed by atoms with Crippen LogP contribution in [0.15, 0.2) is 25.3 Å². The second-order valence-corrected chi connectivity index (χ2v) is 0.471. The summed E-state index contributed by atoms with van der Waals surface area (Å²) in [6.07, 6.45) is 3.28. The van der Waals surface area contributed by atoms with Crippen LogP contribution in [-0.2, 0) is 21.9 Å². The molecule has 0 amide bonds. The molecule has 0 bridgehead atoms. The molecule has 0 aliphatic carbocycles. The van der Waals surface area contributed by atoms with Gasteiger partial charge in [0, 0.05) is 17.1 Å². The van der Waals surface area contributed by atoms with E-state index in [1.54, 1.807) is 12.2 Å². The first-order valence-electron chi connectivity index (χ1n) is 1.35. The first-order valence-corrected chi connectivity index (χ1v) is 1.35. The predicted octanol–water partition coefficient (Wildman–Crippen LogP) is 0.959. The molecule has 7 heavy (non-hydrogen) atoms. The summed E-state index contributed by atoms with van der Waals surface area (Å²) in [6, 6.07) is 0. The fraction of sp³-hybridized carbons (Fsp3) is 0. The minimum absolute atomic E-state index is 0. The molecular formula is C5H6FeO. The van der Waals surface area contributed by atoms with E-state index >= 15 is 0 Å². The molecule has 1 nitrogen and oxygen atoms in total. The Kier molecular flexibility index (Phi) is 101. The van der Waals surface area contributed by atoms with Gasteiger partial charge in [-0.1, -0.05) is 25.3 Å². The van der Waals surface area contributed by atoms with Gasteiger partial charge in [-0.25, -0.2) is 0 Å². The average Bonchev–Trinajstić information content (AvgIpc) is 1.72. The molecule has 0 aliphatic heterocycles. The standard InChI is InChI=1S/C4H6.CO.Fe/c1-3-4-2;1-2;/h3-4H,1-2H2;;. The van der Waals surface area contributed by atoms with Gasteiger partial charge in [0.15, 0.2) is 0 Å². The summed E-state index contributed by atoms with van der Waals surface area (Å²) in [5.74, 6) is 0. The molecule has 0 N–H and O–H groups in total. The number of allylic oxidation sites excluding steroid dienone is 2. The predicted molar refractivity (Wildman–Crippen MR) is 26.1 cm³/mol. The van der Waals surface area contributed by atoms with Crippen LogP contribution in [0.2, 0.25) is 0 Å².